The maximum atomic E-state index is 13.3. The van der Waals surface area contributed by atoms with E-state index in [9.17, 15) is 31.1 Å². The van der Waals surface area contributed by atoms with Crippen molar-refractivity contribution >= 4 is 5.91 Å². The van der Waals surface area contributed by atoms with Gasteiger partial charge in [-0.05, 0) is 36.2 Å². The molecule has 0 bridgehead atoms. The number of nitrogens with zero attached hydrogens (tertiary/aromatic N) is 1. The number of rotatable bonds is 10. The highest BCUT2D eigenvalue weighted by Gasteiger charge is 2.38. The lowest BCUT2D eigenvalue weighted by Gasteiger charge is -2.36. The van der Waals surface area contributed by atoms with Crippen LogP contribution in [-0.4, -0.2) is 51.3 Å². The summed E-state index contributed by atoms with van der Waals surface area (Å²) in [6.45, 7) is 4.62. The second kappa shape index (κ2) is 11.6. The van der Waals surface area contributed by atoms with Crippen molar-refractivity contribution in [1.82, 2.24) is 5.32 Å². The summed E-state index contributed by atoms with van der Waals surface area (Å²) in [5, 5.41) is 2.69. The third kappa shape index (κ3) is 8.55. The Hall–Kier alpha value is -2.95. The van der Waals surface area contributed by atoms with Crippen LogP contribution in [0.3, 0.4) is 0 Å². The van der Waals surface area contributed by atoms with Gasteiger partial charge in [0.05, 0.1) is 52.0 Å². The molecule has 0 aliphatic rings. The molecule has 11 heteroatoms. The molecule has 2 rings (SSSR count). The van der Waals surface area contributed by atoms with Crippen molar-refractivity contribution in [3.05, 3.63) is 58.7 Å². The van der Waals surface area contributed by atoms with E-state index >= 15 is 0 Å². The molecule has 0 heterocycles. The summed E-state index contributed by atoms with van der Waals surface area (Å²) >= 11 is 0. The lowest BCUT2D eigenvalue weighted by atomic mass is 9.96. The lowest BCUT2D eigenvalue weighted by molar-refractivity contribution is -0.905. The van der Waals surface area contributed by atoms with Gasteiger partial charge in [-0.15, -0.1) is 0 Å². The van der Waals surface area contributed by atoms with Gasteiger partial charge in [-0.3, -0.25) is 4.79 Å². The van der Waals surface area contributed by atoms with E-state index in [0.717, 1.165) is 5.56 Å². The predicted octanol–water partition coefficient (Wildman–Crippen LogP) is 6.16. The van der Waals surface area contributed by atoms with E-state index < -0.39 is 41.0 Å². The van der Waals surface area contributed by atoms with Crippen molar-refractivity contribution < 1.29 is 45.1 Å². The number of carbonyl (C=O) groups is 1. The summed E-state index contributed by atoms with van der Waals surface area (Å²) in [6.07, 6.45) is -9.44. The average Bonchev–Trinajstić information content (AvgIpc) is 2.80. The number of nitrogens with one attached hydrogen (secondary N) is 1. The van der Waals surface area contributed by atoms with E-state index in [4.69, 9.17) is 9.47 Å². The molecular formula is C26H33F6N2O3+. The van der Waals surface area contributed by atoms with Crippen LogP contribution >= 0.6 is 0 Å². The first kappa shape index (κ1) is 30.3. The van der Waals surface area contributed by atoms with Crippen LogP contribution < -0.4 is 14.8 Å². The Morgan fingerprint density at radius 2 is 1.38 bits per heavy atom. The summed E-state index contributed by atoms with van der Waals surface area (Å²) in [4.78, 5) is 13.0. The number of amides is 1. The minimum Gasteiger partial charge on any atom is -0.497 e. The van der Waals surface area contributed by atoms with E-state index in [1.807, 2.05) is 40.1 Å². The van der Waals surface area contributed by atoms with Crippen molar-refractivity contribution in [2.75, 3.05) is 34.9 Å². The normalized spacial score (nSPS) is 14.2. The van der Waals surface area contributed by atoms with Crippen LogP contribution in [0.4, 0.5) is 26.3 Å². The maximum absolute atomic E-state index is 13.3. The summed E-state index contributed by atoms with van der Waals surface area (Å²) in [6, 6.07) is 5.80. The standard InChI is InChI=1S/C26H32F6N2O3/c1-7-16(2)23(15-34(3,4)14-17-8-21(36-5)13-22(9-17)37-6)33-24(35)18-10-19(25(27,28)29)12-20(11-18)26(30,31)32/h8-13,16,23H,7,14-15H2,1-6H3/p+1/t16-,23+/m0/s1. The quantitative estimate of drug-likeness (QED) is 0.293. The molecule has 1 N–H and O–H groups in total. The highest BCUT2D eigenvalue weighted by Crippen LogP contribution is 2.36. The number of ether oxygens (including phenoxy) is 2. The molecule has 2 aromatic rings. The minimum atomic E-state index is -5.04. The summed E-state index contributed by atoms with van der Waals surface area (Å²) in [7, 11) is 6.90. The molecule has 0 saturated heterocycles. The fourth-order valence-corrected chi connectivity index (χ4v) is 4.04. The van der Waals surface area contributed by atoms with Crippen molar-refractivity contribution in [3.8, 4) is 11.5 Å². The predicted molar refractivity (Wildman–Crippen MR) is 127 cm³/mol. The van der Waals surface area contributed by atoms with Crippen molar-refractivity contribution in [2.45, 2.75) is 45.2 Å². The maximum Gasteiger partial charge on any atom is 0.416 e. The Labute approximate surface area is 212 Å². The highest BCUT2D eigenvalue weighted by atomic mass is 19.4. The van der Waals surface area contributed by atoms with Crippen molar-refractivity contribution in [2.24, 2.45) is 5.92 Å². The third-order valence-corrected chi connectivity index (χ3v) is 6.21. The Morgan fingerprint density at radius 3 is 1.78 bits per heavy atom. The first-order valence-corrected chi connectivity index (χ1v) is 11.6. The van der Waals surface area contributed by atoms with Crippen LogP contribution in [-0.2, 0) is 18.9 Å². The Morgan fingerprint density at radius 1 is 0.892 bits per heavy atom. The van der Waals surface area contributed by atoms with Crippen LogP contribution in [0.15, 0.2) is 36.4 Å². The largest absolute Gasteiger partial charge is 0.497 e. The molecule has 0 radical (unpaired) electrons. The molecule has 206 valence electrons. The van der Waals surface area contributed by atoms with Crippen molar-refractivity contribution in [3.63, 3.8) is 0 Å². The van der Waals surface area contributed by atoms with Gasteiger partial charge in [-0.25, -0.2) is 0 Å². The molecule has 0 aliphatic carbocycles. The molecule has 2 atom stereocenters. The summed E-state index contributed by atoms with van der Waals surface area (Å²) in [5.74, 6) is 0.108. The second-order valence-electron chi connectivity index (χ2n) is 9.76. The fraction of sp³-hybridized carbons (Fsp3) is 0.500. The van der Waals surface area contributed by atoms with Gasteiger partial charge in [0.15, 0.2) is 0 Å². The van der Waals surface area contributed by atoms with Crippen LogP contribution in [0, 0.1) is 5.92 Å². The van der Waals surface area contributed by atoms with Gasteiger partial charge in [0.25, 0.3) is 5.91 Å². The number of quaternary nitrogens is 1. The Bertz CT molecular complexity index is 1030. The van der Waals surface area contributed by atoms with Gasteiger partial charge >= 0.3 is 12.4 Å². The number of halogens is 6. The van der Waals surface area contributed by atoms with Crippen LogP contribution in [0.1, 0.15) is 47.3 Å². The Balaban J connectivity index is 2.34. The number of alkyl halides is 6. The molecule has 1 amide bonds. The molecule has 0 saturated carbocycles. The number of carbonyl (C=O) groups excluding carboxylic acids is 1. The van der Waals surface area contributed by atoms with Crippen LogP contribution in [0.25, 0.3) is 0 Å². The molecule has 0 aliphatic heterocycles. The van der Waals surface area contributed by atoms with Crippen molar-refractivity contribution in [1.29, 1.82) is 0 Å². The van der Waals surface area contributed by atoms with Gasteiger partial charge in [0.1, 0.15) is 18.0 Å². The van der Waals surface area contributed by atoms with Gasteiger partial charge in [0.2, 0.25) is 0 Å². The molecule has 2 aromatic carbocycles. The zero-order valence-electron chi connectivity index (χ0n) is 21.7. The second-order valence-corrected chi connectivity index (χ2v) is 9.76. The molecular weight excluding hydrogens is 502 g/mol. The number of methoxy groups -OCH3 is 2. The molecule has 5 nitrogen and oxygen atoms in total. The zero-order chi connectivity index (χ0) is 28.2. The molecule has 37 heavy (non-hydrogen) atoms. The molecule has 0 unspecified atom stereocenters. The molecule has 0 aromatic heterocycles. The van der Waals surface area contributed by atoms with E-state index in [2.05, 4.69) is 5.32 Å². The summed E-state index contributed by atoms with van der Waals surface area (Å²) in [5.41, 5.74) is -2.87. The van der Waals surface area contributed by atoms with Gasteiger partial charge in [-0.2, -0.15) is 26.3 Å². The SMILES string of the molecule is CC[C@H](C)[C@@H](C[N+](C)(C)Cc1cc(OC)cc(OC)c1)NC(=O)c1cc(C(F)(F)F)cc(C(F)(F)F)c1. The van der Waals surface area contributed by atoms with Gasteiger partial charge in [-0.1, -0.05) is 20.3 Å². The average molecular weight is 536 g/mol. The monoisotopic (exact) mass is 535 g/mol. The third-order valence-electron chi connectivity index (χ3n) is 6.21. The fourth-order valence-electron chi connectivity index (χ4n) is 4.04. The lowest BCUT2D eigenvalue weighted by Crippen LogP contribution is -2.53. The topological polar surface area (TPSA) is 47.6 Å². The van der Waals surface area contributed by atoms with Crippen LogP contribution in [0.2, 0.25) is 0 Å². The number of likely N-dealkylation sites (N-methyl/N-ethyl adjacent to an activating group) is 1. The Kier molecular flexibility index (Phi) is 9.51. The number of benzene rings is 2. The zero-order valence-corrected chi connectivity index (χ0v) is 21.7. The molecule has 0 spiro atoms. The van der Waals surface area contributed by atoms with E-state index in [0.29, 0.717) is 47.6 Å². The highest BCUT2D eigenvalue weighted by molar-refractivity contribution is 5.95. The van der Waals surface area contributed by atoms with Gasteiger partial charge in [0, 0.05) is 17.2 Å². The minimum absolute atomic E-state index is 0.00530. The number of hydrogen-bond acceptors (Lipinski definition) is 3. The van der Waals surface area contributed by atoms with E-state index in [1.54, 1.807) is 6.07 Å². The summed E-state index contributed by atoms with van der Waals surface area (Å²) < 4.78 is 90.6. The first-order valence-electron chi connectivity index (χ1n) is 11.6. The first-order chi connectivity index (χ1) is 17.0. The van der Waals surface area contributed by atoms with E-state index in [1.165, 1.54) is 14.2 Å². The smallest absolute Gasteiger partial charge is 0.416 e. The van der Waals surface area contributed by atoms with E-state index in [-0.39, 0.29) is 12.0 Å². The van der Waals surface area contributed by atoms with Gasteiger partial charge < -0.3 is 19.3 Å². The number of hydrogen-bond donors (Lipinski definition) is 1. The van der Waals surface area contributed by atoms with Crippen LogP contribution in [0.5, 0.6) is 11.5 Å². The molecule has 0 fully saturated rings.